The maximum atomic E-state index is 9.29. The summed E-state index contributed by atoms with van der Waals surface area (Å²) in [4.78, 5) is 0. The second-order valence-electron chi connectivity index (χ2n) is 3.66. The van der Waals surface area contributed by atoms with Gasteiger partial charge in [0.2, 0.25) is 0 Å². The van der Waals surface area contributed by atoms with Crippen molar-refractivity contribution >= 4 is 11.4 Å². The van der Waals surface area contributed by atoms with Crippen molar-refractivity contribution in [2.45, 2.75) is 6.61 Å². The standard InChI is InChI=1S/C13H14N2O/c14-11-5-1-3-9(7-11)13-10(8-16)4-2-6-12(13)15/h1-7,16H,8,14-15H2. The highest BCUT2D eigenvalue weighted by Crippen LogP contribution is 2.30. The first-order valence-corrected chi connectivity index (χ1v) is 5.06. The molecule has 82 valence electrons. The van der Waals surface area contributed by atoms with E-state index in [-0.39, 0.29) is 6.61 Å². The van der Waals surface area contributed by atoms with Crippen molar-refractivity contribution in [3.63, 3.8) is 0 Å². The van der Waals surface area contributed by atoms with Crippen molar-refractivity contribution in [1.82, 2.24) is 0 Å². The third-order valence-electron chi connectivity index (χ3n) is 2.53. The summed E-state index contributed by atoms with van der Waals surface area (Å²) >= 11 is 0. The number of nitrogens with two attached hydrogens (primary N) is 2. The molecule has 0 aliphatic rings. The molecule has 0 atom stereocenters. The Morgan fingerprint density at radius 2 is 1.75 bits per heavy atom. The van der Waals surface area contributed by atoms with Gasteiger partial charge in [-0.2, -0.15) is 0 Å². The largest absolute Gasteiger partial charge is 0.399 e. The Morgan fingerprint density at radius 3 is 2.44 bits per heavy atom. The molecule has 2 aromatic carbocycles. The zero-order valence-corrected chi connectivity index (χ0v) is 8.85. The SMILES string of the molecule is Nc1cccc(-c2c(N)cccc2CO)c1. The highest BCUT2D eigenvalue weighted by atomic mass is 16.3. The maximum Gasteiger partial charge on any atom is 0.0688 e. The molecule has 5 N–H and O–H groups in total. The average molecular weight is 214 g/mol. The zero-order chi connectivity index (χ0) is 11.5. The molecule has 0 aromatic heterocycles. The lowest BCUT2D eigenvalue weighted by atomic mass is 9.98. The number of aliphatic hydroxyl groups is 1. The number of rotatable bonds is 2. The van der Waals surface area contributed by atoms with E-state index in [0.717, 1.165) is 16.7 Å². The van der Waals surface area contributed by atoms with E-state index < -0.39 is 0 Å². The molecule has 0 amide bonds. The van der Waals surface area contributed by atoms with Gasteiger partial charge in [0.1, 0.15) is 0 Å². The third-order valence-corrected chi connectivity index (χ3v) is 2.53. The van der Waals surface area contributed by atoms with Crippen LogP contribution in [0.5, 0.6) is 0 Å². The summed E-state index contributed by atoms with van der Waals surface area (Å²) < 4.78 is 0. The van der Waals surface area contributed by atoms with Gasteiger partial charge in [-0.25, -0.2) is 0 Å². The first-order chi connectivity index (χ1) is 7.72. The number of nitrogen functional groups attached to an aromatic ring is 2. The molecule has 0 heterocycles. The molecule has 16 heavy (non-hydrogen) atoms. The monoisotopic (exact) mass is 214 g/mol. The van der Waals surface area contributed by atoms with Crippen LogP contribution >= 0.6 is 0 Å². The van der Waals surface area contributed by atoms with Gasteiger partial charge in [0.25, 0.3) is 0 Å². The minimum absolute atomic E-state index is 0.0326. The van der Waals surface area contributed by atoms with Gasteiger partial charge in [-0.3, -0.25) is 0 Å². The number of anilines is 2. The molecule has 0 aliphatic heterocycles. The molecular weight excluding hydrogens is 200 g/mol. The van der Waals surface area contributed by atoms with Crippen molar-refractivity contribution < 1.29 is 5.11 Å². The van der Waals surface area contributed by atoms with Crippen LogP contribution in [0.25, 0.3) is 11.1 Å². The van der Waals surface area contributed by atoms with Gasteiger partial charge in [0.15, 0.2) is 0 Å². The molecule has 2 rings (SSSR count). The summed E-state index contributed by atoms with van der Waals surface area (Å²) in [5, 5.41) is 9.29. The second-order valence-corrected chi connectivity index (χ2v) is 3.66. The molecule has 0 saturated heterocycles. The molecule has 0 radical (unpaired) electrons. The predicted octanol–water partition coefficient (Wildman–Crippen LogP) is 2.01. The molecular formula is C13H14N2O. The minimum atomic E-state index is -0.0326. The van der Waals surface area contributed by atoms with Crippen LogP contribution < -0.4 is 11.5 Å². The van der Waals surface area contributed by atoms with Gasteiger partial charge in [0.05, 0.1) is 6.61 Å². The number of hydrogen-bond donors (Lipinski definition) is 3. The first kappa shape index (κ1) is 10.5. The van der Waals surface area contributed by atoms with Crippen LogP contribution in [-0.4, -0.2) is 5.11 Å². The summed E-state index contributed by atoms with van der Waals surface area (Å²) in [5.41, 5.74) is 15.6. The minimum Gasteiger partial charge on any atom is -0.399 e. The molecule has 3 nitrogen and oxygen atoms in total. The van der Waals surface area contributed by atoms with Crippen molar-refractivity contribution in [2.75, 3.05) is 11.5 Å². The van der Waals surface area contributed by atoms with E-state index in [0.29, 0.717) is 11.4 Å². The predicted molar refractivity (Wildman–Crippen MR) is 66.6 cm³/mol. The molecule has 2 aromatic rings. The Labute approximate surface area is 94.3 Å². The van der Waals surface area contributed by atoms with Gasteiger partial charge in [0, 0.05) is 16.9 Å². The Hall–Kier alpha value is -2.00. The lowest BCUT2D eigenvalue weighted by Crippen LogP contribution is -1.96. The molecule has 0 unspecified atom stereocenters. The molecule has 0 fully saturated rings. The van der Waals surface area contributed by atoms with E-state index in [2.05, 4.69) is 0 Å². The lowest BCUT2D eigenvalue weighted by molar-refractivity contribution is 0.282. The highest BCUT2D eigenvalue weighted by Gasteiger charge is 2.07. The fraction of sp³-hybridized carbons (Fsp3) is 0.0769. The van der Waals surface area contributed by atoms with E-state index in [1.54, 1.807) is 0 Å². The number of aliphatic hydroxyl groups excluding tert-OH is 1. The maximum absolute atomic E-state index is 9.29. The Bertz CT molecular complexity index is 509. The lowest BCUT2D eigenvalue weighted by Gasteiger charge is -2.11. The molecule has 0 saturated carbocycles. The topological polar surface area (TPSA) is 72.3 Å². The quantitative estimate of drug-likeness (QED) is 0.669. The normalized spacial score (nSPS) is 10.3. The fourth-order valence-corrected chi connectivity index (χ4v) is 1.80. The van der Waals surface area contributed by atoms with Gasteiger partial charge in [-0.1, -0.05) is 24.3 Å². The van der Waals surface area contributed by atoms with Crippen LogP contribution in [0.1, 0.15) is 5.56 Å². The van der Waals surface area contributed by atoms with Crippen LogP contribution in [0.15, 0.2) is 42.5 Å². The molecule has 3 heteroatoms. The summed E-state index contributed by atoms with van der Waals surface area (Å²) in [5.74, 6) is 0. The summed E-state index contributed by atoms with van der Waals surface area (Å²) in [6.07, 6.45) is 0. The third kappa shape index (κ3) is 1.85. The fourth-order valence-electron chi connectivity index (χ4n) is 1.80. The number of benzene rings is 2. The smallest absolute Gasteiger partial charge is 0.0688 e. The van der Waals surface area contributed by atoms with E-state index in [4.69, 9.17) is 11.5 Å². The zero-order valence-electron chi connectivity index (χ0n) is 8.85. The van der Waals surface area contributed by atoms with Crippen molar-refractivity contribution in [3.8, 4) is 11.1 Å². The Kier molecular flexibility index (Phi) is 2.79. The first-order valence-electron chi connectivity index (χ1n) is 5.06. The van der Waals surface area contributed by atoms with Crippen molar-refractivity contribution in [1.29, 1.82) is 0 Å². The van der Waals surface area contributed by atoms with Crippen LogP contribution in [0.3, 0.4) is 0 Å². The average Bonchev–Trinajstić information content (AvgIpc) is 2.28. The number of hydrogen-bond acceptors (Lipinski definition) is 3. The summed E-state index contributed by atoms with van der Waals surface area (Å²) in [7, 11) is 0. The van der Waals surface area contributed by atoms with Crippen molar-refractivity contribution in [3.05, 3.63) is 48.0 Å². The van der Waals surface area contributed by atoms with Crippen LogP contribution in [0, 0.1) is 0 Å². The molecule has 0 aliphatic carbocycles. The van der Waals surface area contributed by atoms with Gasteiger partial charge in [-0.15, -0.1) is 0 Å². The summed E-state index contributed by atoms with van der Waals surface area (Å²) in [6, 6.07) is 13.0. The van der Waals surface area contributed by atoms with Gasteiger partial charge >= 0.3 is 0 Å². The van der Waals surface area contributed by atoms with E-state index in [1.807, 2.05) is 42.5 Å². The Morgan fingerprint density at radius 1 is 1.00 bits per heavy atom. The van der Waals surface area contributed by atoms with E-state index >= 15 is 0 Å². The van der Waals surface area contributed by atoms with Crippen LogP contribution in [-0.2, 0) is 6.61 Å². The van der Waals surface area contributed by atoms with Gasteiger partial charge < -0.3 is 16.6 Å². The Balaban J connectivity index is 2.63. The molecule has 0 spiro atoms. The van der Waals surface area contributed by atoms with E-state index in [1.165, 1.54) is 0 Å². The molecule has 0 bridgehead atoms. The van der Waals surface area contributed by atoms with Crippen LogP contribution in [0.2, 0.25) is 0 Å². The van der Waals surface area contributed by atoms with Gasteiger partial charge in [-0.05, 0) is 29.3 Å². The summed E-state index contributed by atoms with van der Waals surface area (Å²) in [6.45, 7) is -0.0326. The van der Waals surface area contributed by atoms with Crippen LogP contribution in [0.4, 0.5) is 11.4 Å². The van der Waals surface area contributed by atoms with E-state index in [9.17, 15) is 5.11 Å². The highest BCUT2D eigenvalue weighted by molar-refractivity contribution is 5.80. The second kappa shape index (κ2) is 4.24. The van der Waals surface area contributed by atoms with Crippen molar-refractivity contribution in [2.24, 2.45) is 0 Å².